The van der Waals surface area contributed by atoms with Crippen molar-refractivity contribution in [3.05, 3.63) is 90.0 Å². The van der Waals surface area contributed by atoms with Gasteiger partial charge in [-0.1, -0.05) is 58.4 Å². The second kappa shape index (κ2) is 7.34. The maximum atomic E-state index is 5.82. The summed E-state index contributed by atoms with van der Waals surface area (Å²) >= 11 is 3.75. The highest BCUT2D eigenvalue weighted by Gasteiger charge is 2.10. The first-order chi connectivity index (χ1) is 11.3. The molecule has 3 aromatic carbocycles. The quantitative estimate of drug-likeness (QED) is 0.516. The van der Waals surface area contributed by atoms with Gasteiger partial charge in [-0.15, -0.1) is 0 Å². The number of rotatable bonds is 5. The molecule has 2 nitrogen and oxygen atoms in total. The number of benzene rings is 3. The summed E-state index contributed by atoms with van der Waals surface area (Å²) in [5.41, 5.74) is 2.36. The topological polar surface area (TPSA) is 18.5 Å². The van der Waals surface area contributed by atoms with Crippen molar-refractivity contribution in [2.75, 3.05) is 7.11 Å². The van der Waals surface area contributed by atoms with Crippen LogP contribution in [0, 0.1) is 0 Å². The van der Waals surface area contributed by atoms with Crippen LogP contribution >= 0.6 is 15.9 Å². The number of methoxy groups -OCH3 is 1. The van der Waals surface area contributed by atoms with Gasteiger partial charge in [0.25, 0.3) is 0 Å². The van der Waals surface area contributed by atoms with E-state index in [1.807, 2.05) is 54.6 Å². The van der Waals surface area contributed by atoms with Crippen LogP contribution in [0.1, 0.15) is 16.0 Å². The molecule has 1 unspecified atom stereocenters. The fourth-order valence-corrected chi connectivity index (χ4v) is 2.91. The highest BCUT2D eigenvalue weighted by Crippen LogP contribution is 2.33. The molecule has 0 fully saturated rings. The zero-order chi connectivity index (χ0) is 16.1. The van der Waals surface area contributed by atoms with E-state index >= 15 is 0 Å². The van der Waals surface area contributed by atoms with Crippen LogP contribution in [-0.4, -0.2) is 7.11 Å². The Kier molecular flexibility index (Phi) is 4.99. The molecule has 0 saturated carbocycles. The summed E-state index contributed by atoms with van der Waals surface area (Å²) in [5.74, 6) is 2.53. The molecule has 3 aromatic rings. The lowest BCUT2D eigenvalue weighted by Crippen LogP contribution is -1.93. The minimum Gasteiger partial charge on any atom is -0.497 e. The fraction of sp³-hybridized carbons (Fsp3) is 0.100. The largest absolute Gasteiger partial charge is 0.497 e. The van der Waals surface area contributed by atoms with Crippen LogP contribution in [0.4, 0.5) is 0 Å². The van der Waals surface area contributed by atoms with Crippen LogP contribution in [-0.2, 0) is 0 Å². The lowest BCUT2D eigenvalue weighted by Gasteiger charge is -2.12. The monoisotopic (exact) mass is 368 g/mol. The third-order valence-corrected chi connectivity index (χ3v) is 4.62. The van der Waals surface area contributed by atoms with Crippen molar-refractivity contribution in [3.63, 3.8) is 0 Å². The van der Waals surface area contributed by atoms with Gasteiger partial charge in [0.05, 0.1) is 11.9 Å². The van der Waals surface area contributed by atoms with Crippen LogP contribution in [0.5, 0.6) is 17.2 Å². The molecule has 0 spiro atoms. The summed E-state index contributed by atoms with van der Waals surface area (Å²) in [6.45, 7) is 0. The average Bonchev–Trinajstić information content (AvgIpc) is 2.63. The SMILES string of the molecule is COc1ccc(C(Br)c2ccc(Oc3ccccc3)cc2)cc1. The van der Waals surface area contributed by atoms with Crippen LogP contribution < -0.4 is 9.47 Å². The molecule has 1 atom stereocenters. The van der Waals surface area contributed by atoms with E-state index in [0.29, 0.717) is 0 Å². The predicted octanol–water partition coefficient (Wildman–Crippen LogP) is 5.97. The number of hydrogen-bond acceptors (Lipinski definition) is 2. The van der Waals surface area contributed by atoms with Crippen molar-refractivity contribution in [1.82, 2.24) is 0 Å². The molecule has 23 heavy (non-hydrogen) atoms. The van der Waals surface area contributed by atoms with Crippen LogP contribution in [0.15, 0.2) is 78.9 Å². The van der Waals surface area contributed by atoms with Gasteiger partial charge in [-0.3, -0.25) is 0 Å². The lowest BCUT2D eigenvalue weighted by molar-refractivity contribution is 0.414. The van der Waals surface area contributed by atoms with Gasteiger partial charge in [0, 0.05) is 0 Å². The first-order valence-electron chi connectivity index (χ1n) is 7.37. The molecule has 0 N–H and O–H groups in total. The second-order valence-electron chi connectivity index (χ2n) is 5.12. The van der Waals surface area contributed by atoms with Gasteiger partial charge in [-0.25, -0.2) is 0 Å². The molecule has 0 radical (unpaired) electrons. The number of para-hydroxylation sites is 1. The van der Waals surface area contributed by atoms with Crippen molar-refractivity contribution in [2.45, 2.75) is 4.83 Å². The van der Waals surface area contributed by atoms with Crippen LogP contribution in [0.25, 0.3) is 0 Å². The molecule has 0 aliphatic carbocycles. The van der Waals surface area contributed by atoms with Gasteiger partial charge in [-0.05, 0) is 47.5 Å². The van der Waals surface area contributed by atoms with Gasteiger partial charge in [-0.2, -0.15) is 0 Å². The number of hydrogen-bond donors (Lipinski definition) is 0. The number of halogens is 1. The fourth-order valence-electron chi connectivity index (χ4n) is 2.29. The van der Waals surface area contributed by atoms with E-state index < -0.39 is 0 Å². The summed E-state index contributed by atoms with van der Waals surface area (Å²) < 4.78 is 11.0. The zero-order valence-corrected chi connectivity index (χ0v) is 14.4. The third kappa shape index (κ3) is 3.93. The molecule has 116 valence electrons. The van der Waals surface area contributed by atoms with E-state index in [2.05, 4.69) is 40.2 Å². The van der Waals surface area contributed by atoms with Gasteiger partial charge in [0.1, 0.15) is 17.2 Å². The Morgan fingerprint density at radius 3 is 1.65 bits per heavy atom. The summed E-state index contributed by atoms with van der Waals surface area (Å²) in [5, 5.41) is 0. The van der Waals surface area contributed by atoms with E-state index in [1.165, 1.54) is 11.1 Å². The predicted molar refractivity (Wildman–Crippen MR) is 96.7 cm³/mol. The molecular weight excluding hydrogens is 352 g/mol. The van der Waals surface area contributed by atoms with Crippen molar-refractivity contribution < 1.29 is 9.47 Å². The maximum absolute atomic E-state index is 5.82. The van der Waals surface area contributed by atoms with Crippen molar-refractivity contribution in [1.29, 1.82) is 0 Å². The van der Waals surface area contributed by atoms with E-state index in [4.69, 9.17) is 9.47 Å². The third-order valence-electron chi connectivity index (χ3n) is 3.56. The molecule has 0 bridgehead atoms. The molecule has 0 heterocycles. The summed E-state index contributed by atoms with van der Waals surface area (Å²) in [4.78, 5) is 0.138. The summed E-state index contributed by atoms with van der Waals surface area (Å²) in [6.07, 6.45) is 0. The smallest absolute Gasteiger partial charge is 0.127 e. The lowest BCUT2D eigenvalue weighted by atomic mass is 10.0. The van der Waals surface area contributed by atoms with E-state index in [9.17, 15) is 0 Å². The highest BCUT2D eigenvalue weighted by molar-refractivity contribution is 9.09. The Labute approximate surface area is 144 Å². The van der Waals surface area contributed by atoms with Crippen molar-refractivity contribution in [3.8, 4) is 17.2 Å². The van der Waals surface area contributed by atoms with Gasteiger partial charge in [0.2, 0.25) is 0 Å². The molecule has 0 aromatic heterocycles. The van der Waals surface area contributed by atoms with Crippen LogP contribution in [0.2, 0.25) is 0 Å². The molecule has 3 heteroatoms. The summed E-state index contributed by atoms with van der Waals surface area (Å²) in [7, 11) is 1.67. The summed E-state index contributed by atoms with van der Waals surface area (Å²) in [6, 6.07) is 26.0. The normalized spacial score (nSPS) is 11.7. The standard InChI is InChI=1S/C20H17BrO2/c1-22-17-11-7-15(8-12-17)20(21)16-9-13-19(14-10-16)23-18-5-3-2-4-6-18/h2-14,20H,1H3. The second-order valence-corrected chi connectivity index (χ2v) is 6.04. The first-order valence-corrected chi connectivity index (χ1v) is 8.29. The van der Waals surface area contributed by atoms with Crippen molar-refractivity contribution in [2.24, 2.45) is 0 Å². The molecule has 0 saturated heterocycles. The van der Waals surface area contributed by atoms with Gasteiger partial charge < -0.3 is 9.47 Å². The van der Waals surface area contributed by atoms with E-state index in [0.717, 1.165) is 17.2 Å². The molecule has 0 aliphatic rings. The Morgan fingerprint density at radius 2 is 1.13 bits per heavy atom. The maximum Gasteiger partial charge on any atom is 0.127 e. The Balaban J connectivity index is 1.73. The van der Waals surface area contributed by atoms with Crippen LogP contribution in [0.3, 0.4) is 0 Å². The molecular formula is C20H17BrO2. The van der Waals surface area contributed by atoms with Gasteiger partial charge >= 0.3 is 0 Å². The molecule has 0 aliphatic heterocycles. The molecule has 3 rings (SSSR count). The van der Waals surface area contributed by atoms with E-state index in [1.54, 1.807) is 7.11 Å². The average molecular weight is 369 g/mol. The minimum atomic E-state index is 0.138. The Bertz CT molecular complexity index is 737. The zero-order valence-electron chi connectivity index (χ0n) is 12.8. The number of ether oxygens (including phenoxy) is 2. The van der Waals surface area contributed by atoms with Gasteiger partial charge in [0.15, 0.2) is 0 Å². The van der Waals surface area contributed by atoms with E-state index in [-0.39, 0.29) is 4.83 Å². The number of alkyl halides is 1. The Morgan fingerprint density at radius 1 is 0.652 bits per heavy atom. The Hall–Kier alpha value is -2.26. The minimum absolute atomic E-state index is 0.138. The molecule has 0 amide bonds. The van der Waals surface area contributed by atoms with Crippen molar-refractivity contribution >= 4 is 15.9 Å². The first kappa shape index (κ1) is 15.6. The highest BCUT2D eigenvalue weighted by atomic mass is 79.9.